The molecule has 1 aromatic rings. The van der Waals surface area contributed by atoms with E-state index >= 15 is 0 Å². The van der Waals surface area contributed by atoms with Gasteiger partial charge in [-0.25, -0.2) is 4.79 Å². The van der Waals surface area contributed by atoms with Crippen LogP contribution in [0.5, 0.6) is 0 Å². The molecule has 1 amide bonds. The maximum absolute atomic E-state index is 12.3. The molecule has 1 aromatic carbocycles. The molecular formula is C18H26N2O2. The first-order chi connectivity index (χ1) is 10.4. The van der Waals surface area contributed by atoms with Crippen LogP contribution in [0.1, 0.15) is 39.2 Å². The van der Waals surface area contributed by atoms with Crippen molar-refractivity contribution in [3.05, 3.63) is 35.9 Å². The smallest absolute Gasteiger partial charge is 0.410 e. The molecule has 2 aliphatic heterocycles. The summed E-state index contributed by atoms with van der Waals surface area (Å²) in [6.45, 7) is 8.33. The molecule has 2 atom stereocenters. The number of hydrogen-bond acceptors (Lipinski definition) is 3. The Kier molecular flexibility index (Phi) is 4.13. The van der Waals surface area contributed by atoms with Gasteiger partial charge in [-0.2, -0.15) is 0 Å². The molecule has 2 heterocycles. The van der Waals surface area contributed by atoms with Crippen molar-refractivity contribution in [3.63, 3.8) is 0 Å². The van der Waals surface area contributed by atoms with Gasteiger partial charge in [0, 0.05) is 31.7 Å². The third-order valence-electron chi connectivity index (χ3n) is 4.49. The Hall–Kier alpha value is -1.55. The fraction of sp³-hybridized carbons (Fsp3) is 0.611. The normalized spacial score (nSPS) is 25.3. The molecule has 4 nitrogen and oxygen atoms in total. The highest BCUT2D eigenvalue weighted by atomic mass is 16.6. The molecule has 0 aromatic heterocycles. The number of carbonyl (C=O) groups is 1. The number of hydrogen-bond donors (Lipinski definition) is 0. The average Bonchev–Trinajstić information content (AvgIpc) is 2.69. The number of carbonyl (C=O) groups excluding carboxylic acids is 1. The number of benzene rings is 1. The van der Waals surface area contributed by atoms with E-state index in [1.807, 2.05) is 25.7 Å². The minimum absolute atomic E-state index is 0.163. The second kappa shape index (κ2) is 5.92. The van der Waals surface area contributed by atoms with E-state index in [1.54, 1.807) is 0 Å². The van der Waals surface area contributed by atoms with Crippen LogP contribution in [0.4, 0.5) is 4.79 Å². The van der Waals surface area contributed by atoms with Crippen LogP contribution < -0.4 is 0 Å². The largest absolute Gasteiger partial charge is 0.444 e. The van der Waals surface area contributed by atoms with E-state index in [9.17, 15) is 4.79 Å². The zero-order chi connectivity index (χ0) is 15.7. The summed E-state index contributed by atoms with van der Waals surface area (Å²) in [6, 6.07) is 11.5. The first-order valence-electron chi connectivity index (χ1n) is 8.20. The molecule has 2 saturated heterocycles. The molecule has 120 valence electrons. The van der Waals surface area contributed by atoms with E-state index in [0.717, 1.165) is 19.6 Å². The van der Waals surface area contributed by atoms with Gasteiger partial charge in [-0.15, -0.1) is 0 Å². The molecule has 0 aliphatic carbocycles. The lowest BCUT2D eigenvalue weighted by atomic mass is 10.1. The van der Waals surface area contributed by atoms with Crippen LogP contribution in [0.3, 0.4) is 0 Å². The highest BCUT2D eigenvalue weighted by molar-refractivity contribution is 5.68. The summed E-state index contributed by atoms with van der Waals surface area (Å²) in [7, 11) is 0. The van der Waals surface area contributed by atoms with E-state index < -0.39 is 5.60 Å². The Morgan fingerprint density at radius 1 is 1.14 bits per heavy atom. The van der Waals surface area contributed by atoms with Gasteiger partial charge in [-0.05, 0) is 39.2 Å². The summed E-state index contributed by atoms with van der Waals surface area (Å²) in [5, 5.41) is 0. The number of rotatable bonds is 2. The summed E-state index contributed by atoms with van der Waals surface area (Å²) in [5.41, 5.74) is 0.933. The Morgan fingerprint density at radius 2 is 1.73 bits per heavy atom. The van der Waals surface area contributed by atoms with Gasteiger partial charge < -0.3 is 9.64 Å². The zero-order valence-electron chi connectivity index (χ0n) is 13.8. The number of fused-ring (bicyclic) bond motifs is 2. The highest BCUT2D eigenvalue weighted by Crippen LogP contribution is 2.32. The van der Waals surface area contributed by atoms with Crippen LogP contribution in [0.2, 0.25) is 0 Å². The van der Waals surface area contributed by atoms with Crippen molar-refractivity contribution in [2.24, 2.45) is 0 Å². The third-order valence-corrected chi connectivity index (χ3v) is 4.49. The number of piperazine rings is 1. The van der Waals surface area contributed by atoms with Gasteiger partial charge in [0.05, 0.1) is 0 Å². The SMILES string of the molecule is CC(C)(C)OC(=O)N1C[C@@H]2CC[C@@H](C1)N2Cc1ccccc1. The summed E-state index contributed by atoms with van der Waals surface area (Å²) in [4.78, 5) is 16.7. The second-order valence-electron chi connectivity index (χ2n) is 7.43. The zero-order valence-corrected chi connectivity index (χ0v) is 13.8. The lowest BCUT2D eigenvalue weighted by molar-refractivity contribution is -0.000115. The van der Waals surface area contributed by atoms with Crippen LogP contribution in [-0.4, -0.2) is 46.7 Å². The summed E-state index contributed by atoms with van der Waals surface area (Å²) in [6.07, 6.45) is 2.19. The second-order valence-corrected chi connectivity index (χ2v) is 7.43. The van der Waals surface area contributed by atoms with Gasteiger partial charge in [-0.1, -0.05) is 30.3 Å². The Balaban J connectivity index is 1.63. The first-order valence-corrected chi connectivity index (χ1v) is 8.20. The molecule has 0 unspecified atom stereocenters. The van der Waals surface area contributed by atoms with Crippen molar-refractivity contribution in [3.8, 4) is 0 Å². The molecule has 0 radical (unpaired) electrons. The number of amides is 1. The van der Waals surface area contributed by atoms with E-state index in [0.29, 0.717) is 12.1 Å². The third kappa shape index (κ3) is 3.43. The maximum atomic E-state index is 12.3. The van der Waals surface area contributed by atoms with Crippen LogP contribution in [-0.2, 0) is 11.3 Å². The van der Waals surface area contributed by atoms with Crippen molar-refractivity contribution >= 4 is 6.09 Å². The fourth-order valence-corrected chi connectivity index (χ4v) is 3.52. The van der Waals surface area contributed by atoms with Gasteiger partial charge in [0.2, 0.25) is 0 Å². The van der Waals surface area contributed by atoms with Crippen LogP contribution in [0, 0.1) is 0 Å². The minimum atomic E-state index is -0.419. The van der Waals surface area contributed by atoms with Crippen molar-refractivity contribution in [1.29, 1.82) is 0 Å². The Bertz CT molecular complexity index is 510. The summed E-state index contributed by atoms with van der Waals surface area (Å²) in [5.74, 6) is 0. The quantitative estimate of drug-likeness (QED) is 0.840. The van der Waals surface area contributed by atoms with Crippen molar-refractivity contribution in [2.75, 3.05) is 13.1 Å². The van der Waals surface area contributed by atoms with Gasteiger partial charge in [-0.3, -0.25) is 4.90 Å². The Labute approximate surface area is 133 Å². The predicted molar refractivity (Wildman–Crippen MR) is 86.6 cm³/mol. The lowest BCUT2D eigenvalue weighted by Gasteiger charge is -2.41. The summed E-state index contributed by atoms with van der Waals surface area (Å²) < 4.78 is 5.52. The minimum Gasteiger partial charge on any atom is -0.444 e. The molecule has 2 fully saturated rings. The molecule has 4 heteroatoms. The number of ether oxygens (including phenoxy) is 1. The number of nitrogens with zero attached hydrogens (tertiary/aromatic N) is 2. The van der Waals surface area contributed by atoms with E-state index in [1.165, 1.54) is 18.4 Å². The monoisotopic (exact) mass is 302 g/mol. The average molecular weight is 302 g/mol. The molecule has 0 N–H and O–H groups in total. The van der Waals surface area contributed by atoms with Crippen molar-refractivity contribution < 1.29 is 9.53 Å². The van der Waals surface area contributed by atoms with Gasteiger partial charge >= 0.3 is 6.09 Å². The van der Waals surface area contributed by atoms with Crippen LogP contribution in [0.25, 0.3) is 0 Å². The lowest BCUT2D eigenvalue weighted by Crippen LogP contribution is -2.55. The molecule has 0 saturated carbocycles. The fourth-order valence-electron chi connectivity index (χ4n) is 3.52. The molecule has 2 bridgehead atoms. The number of likely N-dealkylation sites (tertiary alicyclic amines) is 1. The van der Waals surface area contributed by atoms with Gasteiger partial charge in [0.1, 0.15) is 5.60 Å². The standard InChI is InChI=1S/C18H26N2O2/c1-18(2,3)22-17(21)19-12-15-9-10-16(13-19)20(15)11-14-7-5-4-6-8-14/h4-8,15-16H,9-13H2,1-3H3/t15-,16-/m0/s1. The highest BCUT2D eigenvalue weighted by Gasteiger charge is 2.42. The van der Waals surface area contributed by atoms with Gasteiger partial charge in [0.15, 0.2) is 0 Å². The maximum Gasteiger partial charge on any atom is 0.410 e. The molecule has 3 rings (SSSR count). The van der Waals surface area contributed by atoms with Crippen LogP contribution in [0.15, 0.2) is 30.3 Å². The van der Waals surface area contributed by atoms with E-state index in [-0.39, 0.29) is 6.09 Å². The topological polar surface area (TPSA) is 32.8 Å². The molecule has 2 aliphatic rings. The van der Waals surface area contributed by atoms with Crippen molar-refractivity contribution in [2.45, 2.75) is 57.8 Å². The van der Waals surface area contributed by atoms with E-state index in [4.69, 9.17) is 4.74 Å². The van der Waals surface area contributed by atoms with Crippen LogP contribution >= 0.6 is 0 Å². The molecule has 22 heavy (non-hydrogen) atoms. The van der Waals surface area contributed by atoms with Crippen molar-refractivity contribution in [1.82, 2.24) is 9.80 Å². The molecule has 0 spiro atoms. The Morgan fingerprint density at radius 3 is 2.27 bits per heavy atom. The summed E-state index contributed by atoms with van der Waals surface area (Å²) >= 11 is 0. The van der Waals surface area contributed by atoms with E-state index in [2.05, 4.69) is 35.2 Å². The predicted octanol–water partition coefficient (Wildman–Crippen LogP) is 3.27. The molecular weight excluding hydrogens is 276 g/mol. The van der Waals surface area contributed by atoms with Gasteiger partial charge in [0.25, 0.3) is 0 Å². The first kappa shape index (κ1) is 15.3.